The van der Waals surface area contributed by atoms with E-state index in [9.17, 15) is 4.79 Å². The van der Waals surface area contributed by atoms with Crippen LogP contribution in [0.4, 0.5) is 0 Å². The largest absolute Gasteiger partial charge is 0.478 e. The Balaban J connectivity index is 1.96. The number of carbonyl (C=O) groups is 1. The van der Waals surface area contributed by atoms with E-state index in [1.165, 1.54) is 30.4 Å². The molecule has 0 fully saturated rings. The number of rotatable bonds is 3. The molecular weight excluding hydrogens is 278 g/mol. The van der Waals surface area contributed by atoms with E-state index in [0.29, 0.717) is 10.8 Å². The van der Waals surface area contributed by atoms with Crippen molar-refractivity contribution in [3.8, 4) is 0 Å². The zero-order valence-corrected chi connectivity index (χ0v) is 11.2. The lowest BCUT2D eigenvalue weighted by molar-refractivity contribution is 0.0696. The molecule has 1 N–H and O–H groups in total. The van der Waals surface area contributed by atoms with Gasteiger partial charge in [-0.2, -0.15) is 14.6 Å². The summed E-state index contributed by atoms with van der Waals surface area (Å²) < 4.78 is 1.62. The van der Waals surface area contributed by atoms with Crippen LogP contribution in [0.2, 0.25) is 0 Å². The summed E-state index contributed by atoms with van der Waals surface area (Å²) in [6.07, 6.45) is 2.77. The first-order valence-electron chi connectivity index (χ1n) is 5.68. The Hall–Kier alpha value is -2.48. The number of aromatic nitrogens is 5. The molecule has 0 radical (unpaired) electrons. The molecule has 0 saturated heterocycles. The molecule has 0 amide bonds. The Morgan fingerprint density at radius 2 is 2.20 bits per heavy atom. The van der Waals surface area contributed by atoms with Gasteiger partial charge in [-0.15, -0.1) is 0 Å². The highest BCUT2D eigenvalue weighted by molar-refractivity contribution is 7.99. The first-order chi connectivity index (χ1) is 9.63. The third kappa shape index (κ3) is 2.32. The van der Waals surface area contributed by atoms with Crippen LogP contribution in [0.15, 0.2) is 40.8 Å². The average Bonchev–Trinajstić information content (AvgIpc) is 2.87. The Morgan fingerprint density at radius 1 is 1.35 bits per heavy atom. The number of aryl methyl sites for hydroxylation is 1. The van der Waals surface area contributed by atoms with E-state index in [4.69, 9.17) is 5.11 Å². The minimum absolute atomic E-state index is 0.158. The summed E-state index contributed by atoms with van der Waals surface area (Å²) in [4.78, 5) is 23.2. The third-order valence-corrected chi connectivity index (χ3v) is 3.49. The standard InChI is InChI=1S/C12H9N5O2S/c1-7-4-10(17-12(16-7)14-6-15-17)20-9-3-2-8(5-13-9)11(18)19/h2-6H,1H3,(H,18,19). The van der Waals surface area contributed by atoms with Crippen LogP contribution in [0, 0.1) is 6.92 Å². The SMILES string of the molecule is Cc1cc(Sc2ccc(C(=O)O)cn2)n2ncnc2n1. The normalized spacial score (nSPS) is 10.8. The van der Waals surface area contributed by atoms with Crippen molar-refractivity contribution < 1.29 is 9.90 Å². The summed E-state index contributed by atoms with van der Waals surface area (Å²) in [6, 6.07) is 5.05. The number of carboxylic acids is 1. The summed E-state index contributed by atoms with van der Waals surface area (Å²) in [5.41, 5.74) is 0.987. The van der Waals surface area contributed by atoms with E-state index in [0.717, 1.165) is 10.7 Å². The highest BCUT2D eigenvalue weighted by Crippen LogP contribution is 2.26. The molecule has 3 rings (SSSR count). The second kappa shape index (κ2) is 4.89. The van der Waals surface area contributed by atoms with E-state index < -0.39 is 5.97 Å². The van der Waals surface area contributed by atoms with Crippen LogP contribution >= 0.6 is 11.8 Å². The fourth-order valence-corrected chi connectivity index (χ4v) is 2.54. The Kier molecular flexibility index (Phi) is 3.07. The van der Waals surface area contributed by atoms with Gasteiger partial charge in [0.2, 0.25) is 0 Å². The van der Waals surface area contributed by atoms with E-state index in [-0.39, 0.29) is 5.56 Å². The maximum atomic E-state index is 10.8. The van der Waals surface area contributed by atoms with Crippen LogP contribution in [-0.4, -0.2) is 35.6 Å². The van der Waals surface area contributed by atoms with Crippen LogP contribution in [-0.2, 0) is 0 Å². The first kappa shape index (κ1) is 12.5. The van der Waals surface area contributed by atoms with Gasteiger partial charge in [-0.3, -0.25) is 0 Å². The van der Waals surface area contributed by atoms with Crippen molar-refractivity contribution in [2.75, 3.05) is 0 Å². The van der Waals surface area contributed by atoms with Crippen molar-refractivity contribution in [3.05, 3.63) is 42.0 Å². The zero-order valence-electron chi connectivity index (χ0n) is 10.4. The molecule has 20 heavy (non-hydrogen) atoms. The molecule has 0 bridgehead atoms. The second-order valence-corrected chi connectivity index (χ2v) is 5.04. The van der Waals surface area contributed by atoms with Gasteiger partial charge < -0.3 is 5.11 Å². The fraction of sp³-hybridized carbons (Fsp3) is 0.0833. The smallest absolute Gasteiger partial charge is 0.337 e. The van der Waals surface area contributed by atoms with E-state index in [1.807, 2.05) is 13.0 Å². The first-order valence-corrected chi connectivity index (χ1v) is 6.50. The summed E-state index contributed by atoms with van der Waals surface area (Å²) in [6.45, 7) is 1.87. The maximum Gasteiger partial charge on any atom is 0.337 e. The number of fused-ring (bicyclic) bond motifs is 1. The molecule has 100 valence electrons. The van der Waals surface area contributed by atoms with Crippen LogP contribution in [0.1, 0.15) is 16.1 Å². The summed E-state index contributed by atoms with van der Waals surface area (Å²) in [5.74, 6) is -0.470. The lowest BCUT2D eigenvalue weighted by Gasteiger charge is -2.04. The molecular formula is C12H9N5O2S. The number of nitrogens with zero attached hydrogens (tertiary/aromatic N) is 5. The molecule has 0 saturated carbocycles. The lowest BCUT2D eigenvalue weighted by atomic mass is 10.3. The van der Waals surface area contributed by atoms with E-state index >= 15 is 0 Å². The molecule has 3 aromatic rings. The lowest BCUT2D eigenvalue weighted by Crippen LogP contribution is -1.99. The number of aromatic carboxylic acids is 1. The summed E-state index contributed by atoms with van der Waals surface area (Å²) in [7, 11) is 0. The Bertz CT molecular complexity index is 784. The van der Waals surface area contributed by atoms with Gasteiger partial charge in [-0.05, 0) is 36.9 Å². The molecule has 0 atom stereocenters. The second-order valence-electron chi connectivity index (χ2n) is 4.00. The van der Waals surface area contributed by atoms with Gasteiger partial charge in [0.1, 0.15) is 16.4 Å². The molecule has 0 aliphatic heterocycles. The van der Waals surface area contributed by atoms with Gasteiger partial charge in [-0.1, -0.05) is 0 Å². The van der Waals surface area contributed by atoms with Gasteiger partial charge in [0.15, 0.2) is 0 Å². The van der Waals surface area contributed by atoms with Gasteiger partial charge in [-0.25, -0.2) is 14.8 Å². The molecule has 0 aliphatic rings. The quantitative estimate of drug-likeness (QED) is 0.732. The molecule has 3 heterocycles. The van der Waals surface area contributed by atoms with Crippen molar-refractivity contribution in [1.29, 1.82) is 0 Å². The Morgan fingerprint density at radius 3 is 2.90 bits per heavy atom. The molecule has 0 aromatic carbocycles. The van der Waals surface area contributed by atoms with E-state index in [2.05, 4.69) is 20.1 Å². The minimum Gasteiger partial charge on any atom is -0.478 e. The maximum absolute atomic E-state index is 10.8. The average molecular weight is 287 g/mol. The Labute approximate surface area is 117 Å². The van der Waals surface area contributed by atoms with Crippen molar-refractivity contribution in [2.45, 2.75) is 17.0 Å². The number of hydrogen-bond donors (Lipinski definition) is 1. The number of carboxylic acid groups (broad SMARTS) is 1. The molecule has 0 unspecified atom stereocenters. The van der Waals surface area contributed by atoms with Gasteiger partial charge >= 0.3 is 5.97 Å². The molecule has 3 aromatic heterocycles. The van der Waals surface area contributed by atoms with Crippen LogP contribution < -0.4 is 0 Å². The van der Waals surface area contributed by atoms with Crippen molar-refractivity contribution in [1.82, 2.24) is 24.6 Å². The van der Waals surface area contributed by atoms with Gasteiger partial charge in [0.25, 0.3) is 5.78 Å². The molecule has 8 heteroatoms. The number of hydrogen-bond acceptors (Lipinski definition) is 6. The zero-order chi connectivity index (χ0) is 14.1. The third-order valence-electron chi connectivity index (χ3n) is 2.54. The highest BCUT2D eigenvalue weighted by atomic mass is 32.2. The molecule has 0 aliphatic carbocycles. The fourth-order valence-electron chi connectivity index (χ4n) is 1.64. The molecule has 0 spiro atoms. The molecule has 7 nitrogen and oxygen atoms in total. The predicted molar refractivity (Wildman–Crippen MR) is 70.8 cm³/mol. The number of pyridine rings is 1. The summed E-state index contributed by atoms with van der Waals surface area (Å²) in [5, 5.41) is 14.4. The van der Waals surface area contributed by atoms with Gasteiger partial charge in [0, 0.05) is 11.9 Å². The minimum atomic E-state index is -0.993. The summed E-state index contributed by atoms with van der Waals surface area (Å²) >= 11 is 1.37. The van der Waals surface area contributed by atoms with Gasteiger partial charge in [0.05, 0.1) is 5.56 Å². The van der Waals surface area contributed by atoms with Crippen molar-refractivity contribution in [2.24, 2.45) is 0 Å². The monoisotopic (exact) mass is 287 g/mol. The van der Waals surface area contributed by atoms with E-state index in [1.54, 1.807) is 10.6 Å². The van der Waals surface area contributed by atoms with Crippen LogP contribution in [0.25, 0.3) is 5.78 Å². The van der Waals surface area contributed by atoms with Crippen molar-refractivity contribution >= 4 is 23.5 Å². The predicted octanol–water partition coefficient (Wildman–Crippen LogP) is 1.68. The van der Waals surface area contributed by atoms with Crippen molar-refractivity contribution in [3.63, 3.8) is 0 Å². The highest BCUT2D eigenvalue weighted by Gasteiger charge is 2.09. The topological polar surface area (TPSA) is 93.3 Å². The van der Waals surface area contributed by atoms with Crippen LogP contribution in [0.3, 0.4) is 0 Å². The van der Waals surface area contributed by atoms with Crippen LogP contribution in [0.5, 0.6) is 0 Å².